The lowest BCUT2D eigenvalue weighted by Gasteiger charge is -2.48. The molecule has 2 aliphatic rings. The molecule has 114 valence electrons. The van der Waals surface area contributed by atoms with E-state index in [0.717, 1.165) is 31.2 Å². The van der Waals surface area contributed by atoms with Gasteiger partial charge in [0.05, 0.1) is 5.54 Å². The second kappa shape index (κ2) is 4.98. The van der Waals surface area contributed by atoms with Crippen LogP contribution in [0, 0.1) is 5.82 Å². The van der Waals surface area contributed by atoms with Crippen molar-refractivity contribution in [3.8, 4) is 0 Å². The SMILES string of the molecule is CN(C)[C@]1(c2cccc(F)c2)CC[C@@]2(CC1)CNC(=O)N2. The summed E-state index contributed by atoms with van der Waals surface area (Å²) in [5.41, 5.74) is 0.754. The van der Waals surface area contributed by atoms with Gasteiger partial charge < -0.3 is 10.6 Å². The van der Waals surface area contributed by atoms with Gasteiger partial charge in [0.25, 0.3) is 0 Å². The Morgan fingerprint density at radius 1 is 1.19 bits per heavy atom. The third kappa shape index (κ3) is 2.39. The number of hydrogen-bond acceptors (Lipinski definition) is 2. The normalized spacial score (nSPS) is 32.3. The molecule has 1 aliphatic carbocycles. The fourth-order valence-corrected chi connectivity index (χ4v) is 3.79. The molecule has 21 heavy (non-hydrogen) atoms. The third-order valence-corrected chi connectivity index (χ3v) is 5.22. The van der Waals surface area contributed by atoms with E-state index in [4.69, 9.17) is 0 Å². The van der Waals surface area contributed by atoms with Gasteiger partial charge in [0, 0.05) is 12.1 Å². The minimum Gasteiger partial charge on any atom is -0.336 e. The van der Waals surface area contributed by atoms with Crippen molar-refractivity contribution in [2.45, 2.75) is 36.8 Å². The summed E-state index contributed by atoms with van der Waals surface area (Å²) < 4.78 is 13.6. The molecule has 2 fully saturated rings. The third-order valence-electron chi connectivity index (χ3n) is 5.22. The summed E-state index contributed by atoms with van der Waals surface area (Å²) in [5, 5.41) is 5.93. The van der Waals surface area contributed by atoms with Gasteiger partial charge in [-0.1, -0.05) is 12.1 Å². The molecule has 5 heteroatoms. The van der Waals surface area contributed by atoms with Crippen molar-refractivity contribution < 1.29 is 9.18 Å². The molecule has 0 radical (unpaired) electrons. The van der Waals surface area contributed by atoms with E-state index in [0.29, 0.717) is 6.54 Å². The number of urea groups is 1. The minimum absolute atomic E-state index is 0.0712. The van der Waals surface area contributed by atoms with Crippen molar-refractivity contribution in [2.75, 3.05) is 20.6 Å². The van der Waals surface area contributed by atoms with Crippen molar-refractivity contribution in [3.05, 3.63) is 35.6 Å². The summed E-state index contributed by atoms with van der Waals surface area (Å²) in [6.07, 6.45) is 3.62. The largest absolute Gasteiger partial charge is 0.336 e. The fraction of sp³-hybridized carbons (Fsp3) is 0.562. The molecule has 3 rings (SSSR count). The standard InChI is InChI=1S/C16H22FN3O/c1-20(2)16(12-4-3-5-13(17)10-12)8-6-15(7-9-16)11-18-14(21)19-15/h3-5,10H,6-9,11H2,1-2H3,(H2,18,19,21)/t15-,16-. The lowest BCUT2D eigenvalue weighted by Crippen LogP contribution is -2.54. The number of hydrogen-bond donors (Lipinski definition) is 2. The molecule has 2 amide bonds. The average Bonchev–Trinajstić information content (AvgIpc) is 2.81. The predicted octanol–water partition coefficient (Wildman–Crippen LogP) is 2.21. The van der Waals surface area contributed by atoms with Crippen LogP contribution in [0.4, 0.5) is 9.18 Å². The highest BCUT2D eigenvalue weighted by Crippen LogP contribution is 2.45. The van der Waals surface area contributed by atoms with E-state index in [9.17, 15) is 9.18 Å². The molecule has 0 atom stereocenters. The topological polar surface area (TPSA) is 44.4 Å². The van der Waals surface area contributed by atoms with Gasteiger partial charge in [0.1, 0.15) is 5.82 Å². The van der Waals surface area contributed by atoms with Gasteiger partial charge >= 0.3 is 6.03 Å². The van der Waals surface area contributed by atoms with E-state index in [1.165, 1.54) is 6.07 Å². The molecule has 1 heterocycles. The van der Waals surface area contributed by atoms with Crippen LogP contribution in [0.25, 0.3) is 0 Å². The Morgan fingerprint density at radius 3 is 2.43 bits per heavy atom. The maximum Gasteiger partial charge on any atom is 0.315 e. The van der Waals surface area contributed by atoms with Crippen LogP contribution in [0.3, 0.4) is 0 Å². The summed E-state index contributed by atoms with van der Waals surface area (Å²) in [5.74, 6) is -0.190. The van der Waals surface area contributed by atoms with Crippen LogP contribution in [-0.2, 0) is 5.54 Å². The summed E-state index contributed by atoms with van der Waals surface area (Å²) in [4.78, 5) is 13.6. The molecule has 4 nitrogen and oxygen atoms in total. The number of benzene rings is 1. The first kappa shape index (κ1) is 14.3. The van der Waals surface area contributed by atoms with E-state index >= 15 is 0 Å². The number of nitrogens with one attached hydrogen (secondary N) is 2. The summed E-state index contributed by atoms with van der Waals surface area (Å²) in [6.45, 7) is 0.693. The minimum atomic E-state index is -0.190. The summed E-state index contributed by atoms with van der Waals surface area (Å²) in [6, 6.07) is 6.84. The highest BCUT2D eigenvalue weighted by Gasteiger charge is 2.47. The highest BCUT2D eigenvalue weighted by atomic mass is 19.1. The average molecular weight is 291 g/mol. The molecule has 1 saturated carbocycles. The lowest BCUT2D eigenvalue weighted by atomic mass is 9.69. The van der Waals surface area contributed by atoms with Crippen molar-refractivity contribution in [1.29, 1.82) is 0 Å². The molecule has 0 unspecified atom stereocenters. The first-order valence-corrected chi connectivity index (χ1v) is 7.45. The molecule has 2 N–H and O–H groups in total. The van der Waals surface area contributed by atoms with Crippen LogP contribution < -0.4 is 10.6 Å². The van der Waals surface area contributed by atoms with Crippen LogP contribution in [-0.4, -0.2) is 37.1 Å². The van der Waals surface area contributed by atoms with Crippen molar-refractivity contribution in [2.24, 2.45) is 0 Å². The number of rotatable bonds is 2. The first-order chi connectivity index (χ1) is 9.96. The van der Waals surface area contributed by atoms with Crippen molar-refractivity contribution in [1.82, 2.24) is 15.5 Å². The van der Waals surface area contributed by atoms with Gasteiger partial charge in [-0.25, -0.2) is 9.18 Å². The van der Waals surface area contributed by atoms with Crippen LogP contribution in [0.5, 0.6) is 0 Å². The summed E-state index contributed by atoms with van der Waals surface area (Å²) >= 11 is 0. The molecule has 1 saturated heterocycles. The van der Waals surface area contributed by atoms with E-state index < -0.39 is 0 Å². The Kier molecular flexibility index (Phi) is 3.40. The Hall–Kier alpha value is -1.62. The molecule has 0 aromatic heterocycles. The second-order valence-electron chi connectivity index (χ2n) is 6.52. The van der Waals surface area contributed by atoms with Crippen LogP contribution in [0.15, 0.2) is 24.3 Å². The monoisotopic (exact) mass is 291 g/mol. The van der Waals surface area contributed by atoms with Crippen molar-refractivity contribution in [3.63, 3.8) is 0 Å². The van der Waals surface area contributed by atoms with Crippen LogP contribution in [0.2, 0.25) is 0 Å². The molecule has 1 aromatic carbocycles. The Balaban J connectivity index is 1.86. The van der Waals surface area contributed by atoms with Gasteiger partial charge in [0.15, 0.2) is 0 Å². The number of carbonyl (C=O) groups excluding carboxylic acids is 1. The molecular formula is C16H22FN3O. The Morgan fingerprint density at radius 2 is 1.90 bits per heavy atom. The van der Waals surface area contributed by atoms with Gasteiger partial charge in [-0.2, -0.15) is 0 Å². The van der Waals surface area contributed by atoms with Crippen LogP contribution in [0.1, 0.15) is 31.2 Å². The molecule has 0 bridgehead atoms. The van der Waals surface area contributed by atoms with Gasteiger partial charge in [-0.05, 0) is 57.5 Å². The van der Waals surface area contributed by atoms with E-state index in [2.05, 4.69) is 15.5 Å². The first-order valence-electron chi connectivity index (χ1n) is 7.45. The van der Waals surface area contributed by atoms with Gasteiger partial charge in [-0.3, -0.25) is 4.90 Å². The number of amides is 2. The second-order valence-corrected chi connectivity index (χ2v) is 6.52. The fourth-order valence-electron chi connectivity index (χ4n) is 3.79. The number of carbonyl (C=O) groups is 1. The molecule has 1 spiro atoms. The smallest absolute Gasteiger partial charge is 0.315 e. The van der Waals surface area contributed by atoms with Gasteiger partial charge in [0.2, 0.25) is 0 Å². The number of halogens is 1. The zero-order valence-corrected chi connectivity index (χ0v) is 12.6. The molecule has 1 aliphatic heterocycles. The van der Waals surface area contributed by atoms with E-state index in [1.807, 2.05) is 20.2 Å². The van der Waals surface area contributed by atoms with Crippen molar-refractivity contribution >= 4 is 6.03 Å². The van der Waals surface area contributed by atoms with E-state index in [-0.39, 0.29) is 22.9 Å². The highest BCUT2D eigenvalue weighted by molar-refractivity contribution is 5.77. The van der Waals surface area contributed by atoms with E-state index in [1.54, 1.807) is 12.1 Å². The zero-order chi connectivity index (χ0) is 15.1. The maximum atomic E-state index is 13.6. The lowest BCUT2D eigenvalue weighted by molar-refractivity contribution is 0.0650. The Bertz CT molecular complexity index is 550. The maximum absolute atomic E-state index is 13.6. The molecule has 1 aromatic rings. The predicted molar refractivity (Wildman–Crippen MR) is 79.5 cm³/mol. The van der Waals surface area contributed by atoms with Crippen LogP contribution >= 0.6 is 0 Å². The van der Waals surface area contributed by atoms with Gasteiger partial charge in [-0.15, -0.1) is 0 Å². The Labute approximate surface area is 124 Å². The number of nitrogens with zero attached hydrogens (tertiary/aromatic N) is 1. The molecular weight excluding hydrogens is 269 g/mol. The summed E-state index contributed by atoms with van der Waals surface area (Å²) in [7, 11) is 4.10. The quantitative estimate of drug-likeness (QED) is 0.877. The zero-order valence-electron chi connectivity index (χ0n) is 12.6.